The number of amides is 1. The van der Waals surface area contributed by atoms with E-state index < -0.39 is 0 Å². The highest BCUT2D eigenvalue weighted by Crippen LogP contribution is 2.31. The fraction of sp³-hybridized carbons (Fsp3) is 0.222. The number of ether oxygens (including phenoxy) is 1. The van der Waals surface area contributed by atoms with Gasteiger partial charge in [0.05, 0.1) is 22.0 Å². The molecule has 1 N–H and O–H groups in total. The van der Waals surface area contributed by atoms with Gasteiger partial charge in [-0.1, -0.05) is 24.6 Å². The van der Waals surface area contributed by atoms with E-state index in [1.807, 2.05) is 35.0 Å². The summed E-state index contributed by atoms with van der Waals surface area (Å²) in [6.45, 7) is 2.81. The van der Waals surface area contributed by atoms with E-state index >= 15 is 0 Å². The molecule has 0 bridgehead atoms. The first kappa shape index (κ1) is 17.5. The maximum Gasteiger partial charge on any atom is 0.276 e. The Morgan fingerprint density at radius 3 is 2.84 bits per heavy atom. The molecule has 5 nitrogen and oxygen atoms in total. The highest BCUT2D eigenvalue weighted by molar-refractivity contribution is 7.19. The zero-order chi connectivity index (χ0) is 17.8. The normalized spacial score (nSPS) is 10.7. The van der Waals surface area contributed by atoms with Crippen LogP contribution in [0.15, 0.2) is 42.5 Å². The van der Waals surface area contributed by atoms with Crippen molar-refractivity contribution in [1.82, 2.24) is 9.78 Å². The van der Waals surface area contributed by atoms with Gasteiger partial charge < -0.3 is 10.1 Å². The lowest BCUT2D eigenvalue weighted by Crippen LogP contribution is -2.13. The number of benzene rings is 1. The van der Waals surface area contributed by atoms with Crippen LogP contribution in [0.5, 0.6) is 5.75 Å². The molecule has 3 aromatic rings. The van der Waals surface area contributed by atoms with Crippen molar-refractivity contribution in [1.29, 1.82) is 0 Å². The van der Waals surface area contributed by atoms with Crippen LogP contribution >= 0.6 is 22.9 Å². The van der Waals surface area contributed by atoms with Crippen LogP contribution in [0.25, 0.3) is 10.6 Å². The van der Waals surface area contributed by atoms with Gasteiger partial charge >= 0.3 is 0 Å². The maximum absolute atomic E-state index is 12.6. The van der Waals surface area contributed by atoms with E-state index in [4.69, 9.17) is 16.3 Å². The second-order valence-corrected chi connectivity index (χ2v) is 7.14. The minimum atomic E-state index is -0.257. The average molecular weight is 376 g/mol. The Morgan fingerprint density at radius 2 is 2.16 bits per heavy atom. The van der Waals surface area contributed by atoms with Gasteiger partial charge in [-0.15, -0.1) is 11.3 Å². The van der Waals surface area contributed by atoms with Gasteiger partial charge in [0.1, 0.15) is 5.75 Å². The van der Waals surface area contributed by atoms with Crippen molar-refractivity contribution < 1.29 is 9.53 Å². The average Bonchev–Trinajstić information content (AvgIpc) is 3.21. The quantitative estimate of drug-likeness (QED) is 0.664. The SMILES string of the molecule is CCCn1nc(C(=O)Nc2cccc(OC)c2)cc1-c1ccc(Cl)s1. The third-order valence-corrected chi connectivity index (χ3v) is 4.85. The van der Waals surface area contributed by atoms with Crippen molar-refractivity contribution in [3.05, 3.63) is 52.5 Å². The Kier molecular flexibility index (Phi) is 5.40. The van der Waals surface area contributed by atoms with Gasteiger partial charge in [-0.05, 0) is 36.8 Å². The molecule has 0 radical (unpaired) electrons. The van der Waals surface area contributed by atoms with Crippen LogP contribution in [0.3, 0.4) is 0 Å². The van der Waals surface area contributed by atoms with Gasteiger partial charge in [0.2, 0.25) is 0 Å². The van der Waals surface area contributed by atoms with Crippen molar-refractivity contribution in [3.63, 3.8) is 0 Å². The molecule has 2 aromatic heterocycles. The van der Waals surface area contributed by atoms with E-state index in [9.17, 15) is 4.79 Å². The molecular weight excluding hydrogens is 358 g/mol. The summed E-state index contributed by atoms with van der Waals surface area (Å²) in [6.07, 6.45) is 0.921. The number of anilines is 1. The molecule has 3 rings (SSSR count). The first-order valence-corrected chi connectivity index (χ1v) is 9.09. The van der Waals surface area contributed by atoms with Gasteiger partial charge in [-0.25, -0.2) is 0 Å². The summed E-state index contributed by atoms with van der Waals surface area (Å²) in [7, 11) is 1.59. The molecule has 1 amide bonds. The summed E-state index contributed by atoms with van der Waals surface area (Å²) >= 11 is 7.51. The minimum absolute atomic E-state index is 0.257. The molecule has 0 atom stereocenters. The van der Waals surface area contributed by atoms with Crippen LogP contribution in [0.2, 0.25) is 4.34 Å². The summed E-state index contributed by atoms with van der Waals surface area (Å²) in [4.78, 5) is 13.6. The van der Waals surface area contributed by atoms with Crippen LogP contribution < -0.4 is 10.1 Å². The van der Waals surface area contributed by atoms with E-state index in [0.717, 1.165) is 23.5 Å². The Morgan fingerprint density at radius 1 is 1.32 bits per heavy atom. The number of rotatable bonds is 6. The molecule has 25 heavy (non-hydrogen) atoms. The van der Waals surface area contributed by atoms with Crippen LogP contribution in [0.4, 0.5) is 5.69 Å². The van der Waals surface area contributed by atoms with Crippen molar-refractivity contribution in [2.45, 2.75) is 19.9 Å². The van der Waals surface area contributed by atoms with Crippen molar-refractivity contribution >= 4 is 34.5 Å². The van der Waals surface area contributed by atoms with E-state index in [2.05, 4.69) is 17.3 Å². The van der Waals surface area contributed by atoms with Crippen LogP contribution in [-0.4, -0.2) is 22.8 Å². The number of thiophene rings is 1. The molecule has 7 heteroatoms. The van der Waals surface area contributed by atoms with E-state index in [-0.39, 0.29) is 5.91 Å². The van der Waals surface area contributed by atoms with Crippen LogP contribution in [0.1, 0.15) is 23.8 Å². The lowest BCUT2D eigenvalue weighted by atomic mass is 10.2. The molecule has 0 aliphatic carbocycles. The van der Waals surface area contributed by atoms with Gasteiger partial charge in [-0.3, -0.25) is 9.48 Å². The molecule has 0 saturated carbocycles. The van der Waals surface area contributed by atoms with Gasteiger partial charge in [0, 0.05) is 18.3 Å². The number of hydrogen-bond donors (Lipinski definition) is 1. The molecule has 0 spiro atoms. The summed E-state index contributed by atoms with van der Waals surface area (Å²) < 4.78 is 7.73. The predicted molar refractivity (Wildman–Crippen MR) is 102 cm³/mol. The first-order valence-electron chi connectivity index (χ1n) is 7.89. The third-order valence-electron chi connectivity index (χ3n) is 3.60. The van der Waals surface area contributed by atoms with Crippen molar-refractivity contribution in [2.24, 2.45) is 0 Å². The number of halogens is 1. The summed E-state index contributed by atoms with van der Waals surface area (Å²) in [5.74, 6) is 0.426. The van der Waals surface area contributed by atoms with Crippen LogP contribution in [-0.2, 0) is 6.54 Å². The number of nitrogens with one attached hydrogen (secondary N) is 1. The van der Waals surface area contributed by atoms with Crippen molar-refractivity contribution in [2.75, 3.05) is 12.4 Å². The highest BCUT2D eigenvalue weighted by atomic mass is 35.5. The van der Waals surface area contributed by atoms with Gasteiger partial charge in [0.15, 0.2) is 5.69 Å². The molecule has 0 aliphatic rings. The molecular formula is C18H18ClN3O2S. The van der Waals surface area contributed by atoms with Crippen LogP contribution in [0, 0.1) is 0 Å². The molecule has 0 unspecified atom stereocenters. The monoisotopic (exact) mass is 375 g/mol. The molecule has 2 heterocycles. The molecule has 130 valence electrons. The number of hydrogen-bond acceptors (Lipinski definition) is 4. The molecule has 0 fully saturated rings. The second kappa shape index (κ2) is 7.72. The zero-order valence-corrected chi connectivity index (χ0v) is 15.5. The maximum atomic E-state index is 12.6. The Bertz CT molecular complexity index is 888. The summed E-state index contributed by atoms with van der Waals surface area (Å²) in [6, 6.07) is 12.8. The molecule has 1 aromatic carbocycles. The smallest absolute Gasteiger partial charge is 0.276 e. The van der Waals surface area contributed by atoms with Crippen molar-refractivity contribution in [3.8, 4) is 16.3 Å². The van der Waals surface area contributed by atoms with E-state index in [1.165, 1.54) is 11.3 Å². The third kappa shape index (κ3) is 4.03. The topological polar surface area (TPSA) is 56.2 Å². The Labute approximate surface area is 155 Å². The fourth-order valence-electron chi connectivity index (χ4n) is 2.46. The summed E-state index contributed by atoms with van der Waals surface area (Å²) in [5.41, 5.74) is 1.93. The fourth-order valence-corrected chi connectivity index (χ4v) is 3.52. The number of nitrogens with zero attached hydrogens (tertiary/aromatic N) is 2. The number of carbonyl (C=O) groups excluding carboxylic acids is 1. The van der Waals surface area contributed by atoms with E-state index in [1.54, 1.807) is 19.2 Å². The first-order chi connectivity index (χ1) is 12.1. The lowest BCUT2D eigenvalue weighted by molar-refractivity contribution is 0.102. The molecule has 0 saturated heterocycles. The van der Waals surface area contributed by atoms with Gasteiger partial charge in [0.25, 0.3) is 5.91 Å². The van der Waals surface area contributed by atoms with E-state index in [0.29, 0.717) is 21.5 Å². The Hall–Kier alpha value is -2.31. The highest BCUT2D eigenvalue weighted by Gasteiger charge is 2.17. The number of carbonyl (C=O) groups is 1. The zero-order valence-electron chi connectivity index (χ0n) is 14.0. The predicted octanol–water partition coefficient (Wildman–Crippen LogP) is 4.94. The second-order valence-electron chi connectivity index (χ2n) is 5.43. The Balaban J connectivity index is 1.87. The standard InChI is InChI=1S/C18H18ClN3O2S/c1-3-9-22-15(16-7-8-17(19)25-16)11-14(21-22)18(23)20-12-5-4-6-13(10-12)24-2/h4-8,10-11H,3,9H2,1-2H3,(H,20,23). The largest absolute Gasteiger partial charge is 0.497 e. The lowest BCUT2D eigenvalue weighted by Gasteiger charge is -2.05. The summed E-state index contributed by atoms with van der Waals surface area (Å²) in [5, 5.41) is 7.32. The molecule has 0 aliphatic heterocycles. The number of aryl methyl sites for hydroxylation is 1. The number of aromatic nitrogens is 2. The van der Waals surface area contributed by atoms with Gasteiger partial charge in [-0.2, -0.15) is 5.10 Å². The number of methoxy groups -OCH3 is 1. The minimum Gasteiger partial charge on any atom is -0.497 e.